The molecule has 1 aromatic carbocycles. The first-order valence-corrected chi connectivity index (χ1v) is 6.71. The summed E-state index contributed by atoms with van der Waals surface area (Å²) >= 11 is 1.02. The number of rotatable bonds is 3. The number of aromatic carboxylic acids is 1. The van der Waals surface area contributed by atoms with E-state index in [0.717, 1.165) is 11.5 Å². The van der Waals surface area contributed by atoms with E-state index in [1.165, 1.54) is 12.1 Å². The minimum atomic E-state index is -1.07. The average molecular weight is 303 g/mol. The minimum Gasteiger partial charge on any atom is -0.478 e. The second-order valence-electron chi connectivity index (χ2n) is 4.45. The lowest BCUT2D eigenvalue weighted by atomic mass is 10.1. The largest absolute Gasteiger partial charge is 0.478 e. The van der Waals surface area contributed by atoms with Crippen LogP contribution in [-0.2, 0) is 0 Å². The summed E-state index contributed by atoms with van der Waals surface area (Å²) in [6, 6.07) is 4.64. The number of amides is 2. The summed E-state index contributed by atoms with van der Waals surface area (Å²) in [6.45, 7) is 1.61. The van der Waals surface area contributed by atoms with Crippen molar-refractivity contribution >= 4 is 40.0 Å². The third kappa shape index (κ3) is 2.15. The van der Waals surface area contributed by atoms with Gasteiger partial charge in [-0.1, -0.05) is 0 Å². The molecule has 3 N–H and O–H groups in total. The molecule has 1 aliphatic heterocycles. The van der Waals surface area contributed by atoms with Gasteiger partial charge in [-0.15, -0.1) is 0 Å². The van der Waals surface area contributed by atoms with Crippen LogP contribution in [0.3, 0.4) is 0 Å². The van der Waals surface area contributed by atoms with E-state index < -0.39 is 17.8 Å². The van der Waals surface area contributed by atoms with E-state index in [1.54, 1.807) is 13.0 Å². The molecule has 0 unspecified atom stereocenters. The molecule has 0 radical (unpaired) electrons. The molecule has 1 aromatic heterocycles. The van der Waals surface area contributed by atoms with Crippen molar-refractivity contribution in [1.29, 1.82) is 0 Å². The number of aryl methyl sites for hydroxylation is 1. The summed E-state index contributed by atoms with van der Waals surface area (Å²) in [4.78, 5) is 34.2. The second-order valence-corrected chi connectivity index (χ2v) is 5.22. The minimum absolute atomic E-state index is 0.0982. The highest BCUT2D eigenvalue weighted by molar-refractivity contribution is 7.10. The number of carbonyl (C=O) groups is 3. The topological polar surface area (TPSA) is 108 Å². The van der Waals surface area contributed by atoms with E-state index in [1.807, 2.05) is 0 Å². The molecule has 0 spiro atoms. The van der Waals surface area contributed by atoms with Gasteiger partial charge in [0.1, 0.15) is 10.6 Å². The van der Waals surface area contributed by atoms with Crippen molar-refractivity contribution in [3.8, 4) is 0 Å². The molecule has 0 saturated heterocycles. The molecule has 0 aliphatic carbocycles. The van der Waals surface area contributed by atoms with Gasteiger partial charge in [0, 0.05) is 5.69 Å². The summed E-state index contributed by atoms with van der Waals surface area (Å²) in [6.07, 6.45) is 0. The third-order valence-electron chi connectivity index (χ3n) is 3.07. The van der Waals surface area contributed by atoms with E-state index in [2.05, 4.69) is 15.0 Å². The number of hydrogen-bond donors (Lipinski definition) is 3. The number of hydrogen-bond acceptors (Lipinski definition) is 6. The number of carboxylic acids is 1. The van der Waals surface area contributed by atoms with Gasteiger partial charge < -0.3 is 10.4 Å². The zero-order valence-corrected chi connectivity index (χ0v) is 11.6. The normalized spacial score (nSPS) is 13.0. The summed E-state index contributed by atoms with van der Waals surface area (Å²) in [5, 5.41) is 14.7. The van der Waals surface area contributed by atoms with Gasteiger partial charge in [0.05, 0.1) is 16.8 Å². The Hall–Kier alpha value is -2.74. The predicted molar refractivity (Wildman–Crippen MR) is 75.3 cm³/mol. The van der Waals surface area contributed by atoms with Crippen LogP contribution in [0.4, 0.5) is 10.7 Å². The Kier molecular flexibility index (Phi) is 2.95. The monoisotopic (exact) mass is 303 g/mol. The number of nitrogens with one attached hydrogen (secondary N) is 2. The lowest BCUT2D eigenvalue weighted by Crippen LogP contribution is -2.19. The first-order valence-electron chi connectivity index (χ1n) is 5.93. The van der Waals surface area contributed by atoms with Gasteiger partial charge in [0.2, 0.25) is 0 Å². The molecule has 2 amide bonds. The molecule has 8 heteroatoms. The van der Waals surface area contributed by atoms with E-state index in [4.69, 9.17) is 5.11 Å². The van der Waals surface area contributed by atoms with Crippen LogP contribution in [0.25, 0.3) is 0 Å². The number of anilines is 2. The highest BCUT2D eigenvalue weighted by atomic mass is 32.1. The van der Waals surface area contributed by atoms with Crippen LogP contribution < -0.4 is 10.6 Å². The number of imide groups is 1. The van der Waals surface area contributed by atoms with Crippen molar-refractivity contribution in [3.05, 3.63) is 40.6 Å². The molecule has 2 aromatic rings. The van der Waals surface area contributed by atoms with Gasteiger partial charge in [-0.25, -0.2) is 4.79 Å². The molecule has 0 fully saturated rings. The van der Waals surface area contributed by atoms with Crippen LogP contribution in [0.15, 0.2) is 18.2 Å². The Morgan fingerprint density at radius 1 is 1.29 bits per heavy atom. The molecule has 1 aliphatic rings. The van der Waals surface area contributed by atoms with E-state index in [-0.39, 0.29) is 11.1 Å². The lowest BCUT2D eigenvalue weighted by Gasteiger charge is -2.06. The number of fused-ring (bicyclic) bond motifs is 1. The van der Waals surface area contributed by atoms with Crippen molar-refractivity contribution < 1.29 is 19.5 Å². The molecular weight excluding hydrogens is 294 g/mol. The molecule has 106 valence electrons. The zero-order valence-electron chi connectivity index (χ0n) is 10.8. The van der Waals surface area contributed by atoms with Gasteiger partial charge in [-0.3, -0.25) is 14.9 Å². The van der Waals surface area contributed by atoms with Crippen molar-refractivity contribution in [1.82, 2.24) is 9.69 Å². The van der Waals surface area contributed by atoms with E-state index in [9.17, 15) is 14.4 Å². The van der Waals surface area contributed by atoms with Gasteiger partial charge in [-0.05, 0) is 36.7 Å². The van der Waals surface area contributed by atoms with Crippen molar-refractivity contribution in [2.45, 2.75) is 6.92 Å². The first kappa shape index (κ1) is 13.3. The van der Waals surface area contributed by atoms with E-state index in [0.29, 0.717) is 21.9 Å². The predicted octanol–water partition coefficient (Wildman–Crippen LogP) is 1.78. The maximum atomic E-state index is 11.6. The van der Waals surface area contributed by atoms with Crippen molar-refractivity contribution in [2.24, 2.45) is 0 Å². The summed E-state index contributed by atoms with van der Waals surface area (Å²) < 4.78 is 4.00. The second kappa shape index (κ2) is 4.67. The summed E-state index contributed by atoms with van der Waals surface area (Å²) in [5.74, 6) is -1.96. The van der Waals surface area contributed by atoms with Crippen LogP contribution in [0, 0.1) is 6.92 Å². The lowest BCUT2D eigenvalue weighted by molar-refractivity contribution is 0.0696. The number of aromatic nitrogens is 1. The quantitative estimate of drug-likeness (QED) is 0.746. The van der Waals surface area contributed by atoms with Crippen LogP contribution in [0.5, 0.6) is 0 Å². The molecular formula is C13H9N3O4S. The van der Waals surface area contributed by atoms with Gasteiger partial charge in [0.25, 0.3) is 11.8 Å². The van der Waals surface area contributed by atoms with Crippen LogP contribution in [-0.4, -0.2) is 27.3 Å². The Labute approximate surface area is 122 Å². The highest BCUT2D eigenvalue weighted by Gasteiger charge is 2.27. The fraction of sp³-hybridized carbons (Fsp3) is 0.0769. The van der Waals surface area contributed by atoms with Crippen molar-refractivity contribution in [2.75, 3.05) is 5.32 Å². The molecule has 21 heavy (non-hydrogen) atoms. The zero-order chi connectivity index (χ0) is 15.1. The molecule has 0 saturated carbocycles. The third-order valence-corrected chi connectivity index (χ3v) is 3.92. The number of carboxylic acid groups (broad SMARTS) is 1. The number of carbonyl (C=O) groups excluding carboxylic acids is 2. The molecule has 3 rings (SSSR count). The smallest absolute Gasteiger partial charge is 0.340 e. The molecule has 2 heterocycles. The maximum absolute atomic E-state index is 11.6. The average Bonchev–Trinajstić information content (AvgIpc) is 2.91. The first-order chi connectivity index (χ1) is 9.97. The van der Waals surface area contributed by atoms with Crippen LogP contribution in [0.2, 0.25) is 0 Å². The van der Waals surface area contributed by atoms with E-state index >= 15 is 0 Å². The molecule has 0 atom stereocenters. The van der Waals surface area contributed by atoms with Gasteiger partial charge in [0.15, 0.2) is 0 Å². The molecule has 0 bridgehead atoms. The fourth-order valence-electron chi connectivity index (χ4n) is 2.08. The summed E-state index contributed by atoms with van der Waals surface area (Å²) in [7, 11) is 0. The Bertz CT molecular complexity index is 797. The van der Waals surface area contributed by atoms with Crippen LogP contribution in [0.1, 0.15) is 36.8 Å². The summed E-state index contributed by atoms with van der Waals surface area (Å²) in [5.41, 5.74) is 1.61. The van der Waals surface area contributed by atoms with Crippen molar-refractivity contribution in [3.63, 3.8) is 0 Å². The van der Waals surface area contributed by atoms with Gasteiger partial charge >= 0.3 is 5.97 Å². The Morgan fingerprint density at radius 3 is 2.71 bits per heavy atom. The van der Waals surface area contributed by atoms with Gasteiger partial charge in [-0.2, -0.15) is 4.37 Å². The SMILES string of the molecule is Cc1nsc(Nc2ccc3c(c2)C(=O)NC3=O)c1C(=O)O. The van der Waals surface area contributed by atoms with Crippen LogP contribution >= 0.6 is 11.5 Å². The standard InChI is InChI=1S/C13H9N3O4S/c1-5-9(13(19)20)12(21-16-5)14-6-2-3-7-8(4-6)11(18)15-10(7)17/h2-4,14H,1H3,(H,19,20)(H,15,17,18). The fourth-order valence-corrected chi connectivity index (χ4v) is 2.89. The Balaban J connectivity index is 1.97. The maximum Gasteiger partial charge on any atom is 0.340 e. The highest BCUT2D eigenvalue weighted by Crippen LogP contribution is 2.29. The Morgan fingerprint density at radius 2 is 2.00 bits per heavy atom. The molecule has 7 nitrogen and oxygen atoms in total. The number of benzene rings is 1. The number of nitrogens with zero attached hydrogens (tertiary/aromatic N) is 1.